The number of hydrogen-bond acceptors (Lipinski definition) is 4. The van der Waals surface area contributed by atoms with E-state index < -0.39 is 0 Å². The van der Waals surface area contributed by atoms with Gasteiger partial charge in [-0.3, -0.25) is 9.78 Å². The van der Waals surface area contributed by atoms with Crippen LogP contribution in [0.5, 0.6) is 0 Å². The van der Waals surface area contributed by atoms with E-state index in [2.05, 4.69) is 4.98 Å². The van der Waals surface area contributed by atoms with E-state index in [1.807, 2.05) is 23.1 Å². The van der Waals surface area contributed by atoms with E-state index in [9.17, 15) is 4.79 Å². The van der Waals surface area contributed by atoms with Crippen LogP contribution < -0.4 is 0 Å². The second-order valence-electron chi connectivity index (χ2n) is 4.16. The molecule has 0 aliphatic carbocycles. The van der Waals surface area contributed by atoms with Crippen molar-refractivity contribution >= 4 is 17.7 Å². The quantitative estimate of drug-likeness (QED) is 0.829. The van der Waals surface area contributed by atoms with Crippen molar-refractivity contribution in [2.75, 3.05) is 32.1 Å². The molecule has 1 aliphatic heterocycles. The van der Waals surface area contributed by atoms with Crippen LogP contribution in [-0.4, -0.2) is 47.8 Å². The van der Waals surface area contributed by atoms with Crippen molar-refractivity contribution in [1.29, 1.82) is 0 Å². The summed E-state index contributed by atoms with van der Waals surface area (Å²) in [4.78, 5) is 18.1. The number of pyridine rings is 1. The third-order valence-electron chi connectivity index (χ3n) is 2.78. The Bertz CT molecular complexity index is 365. The van der Waals surface area contributed by atoms with Crippen molar-refractivity contribution in [3.05, 3.63) is 30.1 Å². The maximum atomic E-state index is 12.0. The second-order valence-corrected chi connectivity index (χ2v) is 5.15. The molecule has 1 fully saturated rings. The molecule has 0 unspecified atom stereocenters. The van der Waals surface area contributed by atoms with Gasteiger partial charge < -0.3 is 9.64 Å². The van der Waals surface area contributed by atoms with Crippen LogP contribution in [-0.2, 0) is 15.3 Å². The van der Waals surface area contributed by atoms with Crippen LogP contribution >= 0.6 is 11.8 Å². The molecule has 1 aromatic rings. The number of carbonyl (C=O) groups is 1. The van der Waals surface area contributed by atoms with Gasteiger partial charge >= 0.3 is 0 Å². The molecule has 1 aromatic heterocycles. The summed E-state index contributed by atoms with van der Waals surface area (Å²) in [6.07, 6.45) is 2.72. The van der Waals surface area contributed by atoms with E-state index in [0.29, 0.717) is 12.4 Å². The molecule has 1 amide bonds. The molecule has 0 bridgehead atoms. The zero-order chi connectivity index (χ0) is 12.6. The van der Waals surface area contributed by atoms with E-state index >= 15 is 0 Å². The molecule has 18 heavy (non-hydrogen) atoms. The summed E-state index contributed by atoms with van der Waals surface area (Å²) in [5, 5.41) is 0. The van der Waals surface area contributed by atoms with Crippen LogP contribution in [0, 0.1) is 0 Å². The monoisotopic (exact) mass is 266 g/mol. The van der Waals surface area contributed by atoms with E-state index in [0.717, 1.165) is 37.6 Å². The Morgan fingerprint density at radius 1 is 1.39 bits per heavy atom. The lowest BCUT2D eigenvalue weighted by molar-refractivity contribution is -0.128. The predicted octanol–water partition coefficient (Wildman–Crippen LogP) is 1.56. The summed E-state index contributed by atoms with van der Waals surface area (Å²) in [7, 11) is 0. The van der Waals surface area contributed by atoms with Crippen LogP contribution in [0.3, 0.4) is 0 Å². The standard InChI is InChI=1S/C13H18N2O2S/c16-13(15-6-3-8-17-9-7-15)11-18-10-12-4-1-2-5-14-12/h1-2,4-5H,3,6-11H2. The molecule has 0 atom stereocenters. The summed E-state index contributed by atoms with van der Waals surface area (Å²) in [6.45, 7) is 2.98. The lowest BCUT2D eigenvalue weighted by Gasteiger charge is -2.19. The summed E-state index contributed by atoms with van der Waals surface area (Å²) in [5.74, 6) is 1.52. The van der Waals surface area contributed by atoms with Crippen molar-refractivity contribution in [2.24, 2.45) is 0 Å². The first-order chi connectivity index (χ1) is 8.86. The van der Waals surface area contributed by atoms with Gasteiger partial charge in [-0.2, -0.15) is 0 Å². The van der Waals surface area contributed by atoms with Crippen LogP contribution in [0.1, 0.15) is 12.1 Å². The third kappa shape index (κ3) is 4.31. The van der Waals surface area contributed by atoms with Gasteiger partial charge in [0.05, 0.1) is 18.1 Å². The fourth-order valence-corrected chi connectivity index (χ4v) is 2.65. The van der Waals surface area contributed by atoms with E-state index in [4.69, 9.17) is 4.74 Å². The van der Waals surface area contributed by atoms with Gasteiger partial charge in [-0.1, -0.05) is 6.07 Å². The number of rotatable bonds is 4. The number of ether oxygens (including phenoxy) is 1. The number of carbonyl (C=O) groups excluding carboxylic acids is 1. The zero-order valence-corrected chi connectivity index (χ0v) is 11.2. The van der Waals surface area contributed by atoms with E-state index in [-0.39, 0.29) is 5.91 Å². The number of thioether (sulfide) groups is 1. The molecule has 1 saturated heterocycles. The van der Waals surface area contributed by atoms with E-state index in [1.165, 1.54) is 0 Å². The Morgan fingerprint density at radius 3 is 3.17 bits per heavy atom. The maximum Gasteiger partial charge on any atom is 0.232 e. The first kappa shape index (κ1) is 13.4. The molecule has 0 saturated carbocycles. The molecular formula is C13H18N2O2S. The highest BCUT2D eigenvalue weighted by Gasteiger charge is 2.15. The van der Waals surface area contributed by atoms with Gasteiger partial charge in [0.2, 0.25) is 5.91 Å². The van der Waals surface area contributed by atoms with Gasteiger partial charge in [-0.15, -0.1) is 11.8 Å². The van der Waals surface area contributed by atoms with Crippen molar-refractivity contribution in [3.63, 3.8) is 0 Å². The molecule has 5 heteroatoms. The molecule has 4 nitrogen and oxygen atoms in total. The SMILES string of the molecule is O=C(CSCc1ccccn1)N1CCCOCC1. The third-order valence-corrected chi connectivity index (χ3v) is 3.73. The zero-order valence-electron chi connectivity index (χ0n) is 10.4. The smallest absolute Gasteiger partial charge is 0.232 e. The second kappa shape index (κ2) is 7.38. The summed E-state index contributed by atoms with van der Waals surface area (Å²) >= 11 is 1.62. The molecular weight excluding hydrogens is 248 g/mol. The number of aromatic nitrogens is 1. The average Bonchev–Trinajstić information content (AvgIpc) is 2.69. The summed E-state index contributed by atoms with van der Waals surface area (Å²) < 4.78 is 5.34. The largest absolute Gasteiger partial charge is 0.380 e. The van der Waals surface area contributed by atoms with Gasteiger partial charge in [0.15, 0.2) is 0 Å². The molecule has 98 valence electrons. The topological polar surface area (TPSA) is 42.4 Å². The number of hydrogen-bond donors (Lipinski definition) is 0. The number of amides is 1. The highest BCUT2D eigenvalue weighted by Crippen LogP contribution is 2.11. The van der Waals surface area contributed by atoms with Crippen molar-refractivity contribution in [2.45, 2.75) is 12.2 Å². The summed E-state index contributed by atoms with van der Waals surface area (Å²) in [5.41, 5.74) is 1.02. The molecule has 0 radical (unpaired) electrons. The Balaban J connectivity index is 1.71. The van der Waals surface area contributed by atoms with Gasteiger partial charge in [-0.05, 0) is 18.6 Å². The number of nitrogens with zero attached hydrogens (tertiary/aromatic N) is 2. The molecule has 2 heterocycles. The van der Waals surface area contributed by atoms with Crippen LogP contribution in [0.4, 0.5) is 0 Å². The van der Waals surface area contributed by atoms with Gasteiger partial charge in [0.1, 0.15) is 0 Å². The molecule has 0 spiro atoms. The molecule has 0 N–H and O–H groups in total. The molecule has 0 aromatic carbocycles. The van der Waals surface area contributed by atoms with E-state index in [1.54, 1.807) is 18.0 Å². The fraction of sp³-hybridized carbons (Fsp3) is 0.538. The predicted molar refractivity (Wildman–Crippen MR) is 72.4 cm³/mol. The maximum absolute atomic E-state index is 12.0. The van der Waals surface area contributed by atoms with Crippen molar-refractivity contribution in [1.82, 2.24) is 9.88 Å². The Labute approximate surface area is 112 Å². The Morgan fingerprint density at radius 2 is 2.33 bits per heavy atom. The highest BCUT2D eigenvalue weighted by molar-refractivity contribution is 7.99. The first-order valence-corrected chi connectivity index (χ1v) is 7.35. The minimum atomic E-state index is 0.210. The fourth-order valence-electron chi connectivity index (χ4n) is 1.81. The van der Waals surface area contributed by atoms with Crippen LogP contribution in [0.2, 0.25) is 0 Å². The van der Waals surface area contributed by atoms with Crippen LogP contribution in [0.25, 0.3) is 0 Å². The molecule has 2 rings (SSSR count). The Kier molecular flexibility index (Phi) is 5.48. The lowest BCUT2D eigenvalue weighted by Crippen LogP contribution is -2.34. The normalized spacial score (nSPS) is 16.3. The van der Waals surface area contributed by atoms with Gasteiger partial charge in [0, 0.05) is 31.6 Å². The van der Waals surface area contributed by atoms with Gasteiger partial charge in [0.25, 0.3) is 0 Å². The highest BCUT2D eigenvalue weighted by atomic mass is 32.2. The van der Waals surface area contributed by atoms with Crippen LogP contribution in [0.15, 0.2) is 24.4 Å². The van der Waals surface area contributed by atoms with Crippen molar-refractivity contribution < 1.29 is 9.53 Å². The minimum absolute atomic E-state index is 0.210. The Hall–Kier alpha value is -1.07. The molecule has 1 aliphatic rings. The minimum Gasteiger partial charge on any atom is -0.380 e. The van der Waals surface area contributed by atoms with Crippen molar-refractivity contribution in [3.8, 4) is 0 Å². The first-order valence-electron chi connectivity index (χ1n) is 6.19. The van der Waals surface area contributed by atoms with Gasteiger partial charge in [-0.25, -0.2) is 0 Å². The lowest BCUT2D eigenvalue weighted by atomic mass is 10.4. The average molecular weight is 266 g/mol. The summed E-state index contributed by atoms with van der Waals surface area (Å²) in [6, 6.07) is 5.85.